The highest BCUT2D eigenvalue weighted by Crippen LogP contribution is 2.29. The molecule has 1 N–H and O–H groups in total. The predicted molar refractivity (Wildman–Crippen MR) is 126 cm³/mol. The molecule has 178 valence electrons. The molecule has 1 amide bonds. The molecule has 10 heteroatoms. The molecule has 2 aromatic rings. The first-order chi connectivity index (χ1) is 15.9. The Morgan fingerprint density at radius 2 is 1.64 bits per heavy atom. The molecule has 2 saturated heterocycles. The van der Waals surface area contributed by atoms with E-state index in [1.807, 2.05) is 30.0 Å². The van der Waals surface area contributed by atoms with Gasteiger partial charge >= 0.3 is 0 Å². The molecular weight excluding hydrogens is 466 g/mol. The highest BCUT2D eigenvalue weighted by atomic mass is 35.5. The lowest BCUT2D eigenvalue weighted by molar-refractivity contribution is 0.0730. The lowest BCUT2D eigenvalue weighted by atomic mass is 10.1. The molecule has 2 aromatic carbocycles. The van der Waals surface area contributed by atoms with Crippen molar-refractivity contribution < 1.29 is 22.7 Å². The minimum Gasteiger partial charge on any atom is -0.379 e. The molecule has 1 atom stereocenters. The summed E-state index contributed by atoms with van der Waals surface area (Å²) in [5.41, 5.74) is 1.78. The van der Waals surface area contributed by atoms with E-state index in [1.165, 1.54) is 10.4 Å². The van der Waals surface area contributed by atoms with Crippen LogP contribution < -0.4 is 10.2 Å². The van der Waals surface area contributed by atoms with Crippen molar-refractivity contribution in [1.29, 1.82) is 0 Å². The van der Waals surface area contributed by atoms with Crippen LogP contribution in [0.25, 0.3) is 0 Å². The van der Waals surface area contributed by atoms with Crippen LogP contribution in [0.5, 0.6) is 0 Å². The minimum absolute atomic E-state index is 0.0944. The second-order valence-electron chi connectivity index (χ2n) is 8.01. The maximum atomic E-state index is 13.4. The molecule has 2 aliphatic heterocycles. The summed E-state index contributed by atoms with van der Waals surface area (Å²) in [6.45, 7) is 5.47. The van der Waals surface area contributed by atoms with E-state index in [2.05, 4.69) is 5.32 Å². The van der Waals surface area contributed by atoms with E-state index in [9.17, 15) is 13.2 Å². The number of amides is 1. The number of halogens is 1. The summed E-state index contributed by atoms with van der Waals surface area (Å²) in [4.78, 5) is 15.6. The Kier molecular flexibility index (Phi) is 7.55. The van der Waals surface area contributed by atoms with Crippen molar-refractivity contribution in [3.05, 3.63) is 58.6 Å². The van der Waals surface area contributed by atoms with Crippen molar-refractivity contribution in [1.82, 2.24) is 9.62 Å². The van der Waals surface area contributed by atoms with E-state index in [4.69, 9.17) is 21.1 Å². The summed E-state index contributed by atoms with van der Waals surface area (Å²) in [5.74, 6) is -0.358. The summed E-state index contributed by atoms with van der Waals surface area (Å²) in [6, 6.07) is 11.7. The smallest absolute Gasteiger partial charge is 0.253 e. The van der Waals surface area contributed by atoms with Gasteiger partial charge in [0.05, 0.1) is 42.9 Å². The van der Waals surface area contributed by atoms with Crippen molar-refractivity contribution >= 4 is 33.2 Å². The molecule has 2 aliphatic rings. The fourth-order valence-corrected chi connectivity index (χ4v) is 5.79. The molecule has 8 nitrogen and oxygen atoms in total. The maximum Gasteiger partial charge on any atom is 0.253 e. The summed E-state index contributed by atoms with van der Waals surface area (Å²) < 4.78 is 38.6. The molecule has 0 saturated carbocycles. The van der Waals surface area contributed by atoms with Crippen LogP contribution in [0.3, 0.4) is 0 Å². The first-order valence-corrected chi connectivity index (χ1v) is 12.8. The van der Waals surface area contributed by atoms with Gasteiger partial charge < -0.3 is 19.7 Å². The van der Waals surface area contributed by atoms with Crippen molar-refractivity contribution in [2.45, 2.75) is 17.9 Å². The molecule has 4 rings (SSSR count). The molecule has 2 fully saturated rings. The van der Waals surface area contributed by atoms with E-state index in [1.54, 1.807) is 18.2 Å². The monoisotopic (exact) mass is 493 g/mol. The summed E-state index contributed by atoms with van der Waals surface area (Å²) >= 11 is 6.30. The SMILES string of the molecule is CC(NC(=O)c1cc(S(=O)(=O)N2CCOCC2)ccc1N1CCOCC1)c1ccccc1Cl. The van der Waals surface area contributed by atoms with Gasteiger partial charge in [0.1, 0.15) is 0 Å². The molecular formula is C23H28ClN3O5S. The lowest BCUT2D eigenvalue weighted by Gasteiger charge is -2.31. The summed E-state index contributed by atoms with van der Waals surface area (Å²) in [6.07, 6.45) is 0. The number of nitrogens with one attached hydrogen (secondary N) is 1. The fraction of sp³-hybridized carbons (Fsp3) is 0.435. The summed E-state index contributed by atoms with van der Waals surface area (Å²) in [7, 11) is -3.74. The summed E-state index contributed by atoms with van der Waals surface area (Å²) in [5, 5.41) is 3.54. The third-order valence-electron chi connectivity index (χ3n) is 5.89. The van der Waals surface area contributed by atoms with Gasteiger partial charge in [0, 0.05) is 36.9 Å². The van der Waals surface area contributed by atoms with Crippen LogP contribution in [0.15, 0.2) is 47.4 Å². The van der Waals surface area contributed by atoms with Gasteiger partial charge in [0.2, 0.25) is 10.0 Å². The number of morpholine rings is 2. The number of sulfonamides is 1. The Balaban J connectivity index is 1.67. The Morgan fingerprint density at radius 1 is 1.00 bits per heavy atom. The van der Waals surface area contributed by atoms with E-state index in [-0.39, 0.29) is 16.8 Å². The number of anilines is 1. The average molecular weight is 494 g/mol. The van der Waals surface area contributed by atoms with Gasteiger partial charge in [-0.25, -0.2) is 8.42 Å². The van der Waals surface area contributed by atoms with Crippen molar-refractivity contribution in [2.24, 2.45) is 0 Å². The minimum atomic E-state index is -3.74. The van der Waals surface area contributed by atoms with Crippen LogP contribution >= 0.6 is 11.6 Å². The maximum absolute atomic E-state index is 13.4. The van der Waals surface area contributed by atoms with Gasteiger partial charge in [-0.3, -0.25) is 4.79 Å². The predicted octanol–water partition coefficient (Wildman–Crippen LogP) is 2.69. The van der Waals surface area contributed by atoms with Gasteiger partial charge in [0.15, 0.2) is 0 Å². The third-order valence-corrected chi connectivity index (χ3v) is 8.13. The standard InChI is InChI=1S/C23H28ClN3O5S/c1-17(19-4-2-3-5-21(19)24)25-23(28)20-16-18(33(29,30)27-10-14-32-15-11-27)6-7-22(20)26-8-12-31-13-9-26/h2-7,16-17H,8-15H2,1H3,(H,25,28). The number of benzene rings is 2. The first kappa shape index (κ1) is 24.0. The van der Waals surface area contributed by atoms with E-state index < -0.39 is 10.0 Å². The molecule has 0 bridgehead atoms. The number of carbonyl (C=O) groups is 1. The highest BCUT2D eigenvalue weighted by molar-refractivity contribution is 7.89. The lowest BCUT2D eigenvalue weighted by Crippen LogP contribution is -2.41. The third kappa shape index (κ3) is 5.33. The van der Waals surface area contributed by atoms with Gasteiger partial charge in [-0.1, -0.05) is 29.8 Å². The van der Waals surface area contributed by atoms with Crippen molar-refractivity contribution in [3.63, 3.8) is 0 Å². The molecule has 2 heterocycles. The van der Waals surface area contributed by atoms with Crippen LogP contribution in [-0.4, -0.2) is 71.2 Å². The normalized spacial score (nSPS) is 18.7. The number of hydrogen-bond acceptors (Lipinski definition) is 6. The van der Waals surface area contributed by atoms with E-state index in [0.29, 0.717) is 68.9 Å². The number of ether oxygens (including phenoxy) is 2. The number of hydrogen-bond donors (Lipinski definition) is 1. The van der Waals surface area contributed by atoms with Gasteiger partial charge in [0.25, 0.3) is 5.91 Å². The Labute approximate surface area is 199 Å². The Morgan fingerprint density at radius 3 is 2.30 bits per heavy atom. The van der Waals surface area contributed by atoms with Gasteiger partial charge in [-0.15, -0.1) is 0 Å². The zero-order valence-electron chi connectivity index (χ0n) is 18.5. The van der Waals surface area contributed by atoms with Crippen LogP contribution in [0, 0.1) is 0 Å². The second-order valence-corrected chi connectivity index (χ2v) is 10.4. The molecule has 0 radical (unpaired) electrons. The Hall–Kier alpha value is -2.17. The highest BCUT2D eigenvalue weighted by Gasteiger charge is 2.29. The fourth-order valence-electron chi connectivity index (χ4n) is 4.05. The number of carbonyl (C=O) groups excluding carboxylic acids is 1. The number of nitrogens with zero attached hydrogens (tertiary/aromatic N) is 2. The van der Waals surface area contributed by atoms with Crippen molar-refractivity contribution in [3.8, 4) is 0 Å². The van der Waals surface area contributed by atoms with Crippen LogP contribution in [0.4, 0.5) is 5.69 Å². The number of rotatable bonds is 6. The molecule has 33 heavy (non-hydrogen) atoms. The first-order valence-electron chi connectivity index (χ1n) is 11.0. The van der Waals surface area contributed by atoms with Crippen LogP contribution in [0.1, 0.15) is 28.9 Å². The van der Waals surface area contributed by atoms with Crippen LogP contribution in [-0.2, 0) is 19.5 Å². The zero-order chi connectivity index (χ0) is 23.4. The zero-order valence-corrected chi connectivity index (χ0v) is 20.1. The molecule has 0 spiro atoms. The van der Waals surface area contributed by atoms with Gasteiger partial charge in [-0.05, 0) is 36.8 Å². The molecule has 1 unspecified atom stereocenters. The Bertz CT molecular complexity index is 1100. The molecule has 0 aliphatic carbocycles. The van der Waals surface area contributed by atoms with E-state index in [0.717, 1.165) is 5.56 Å². The van der Waals surface area contributed by atoms with Gasteiger partial charge in [-0.2, -0.15) is 4.31 Å². The topological polar surface area (TPSA) is 88.2 Å². The van der Waals surface area contributed by atoms with E-state index >= 15 is 0 Å². The largest absolute Gasteiger partial charge is 0.379 e. The second kappa shape index (κ2) is 10.4. The van der Waals surface area contributed by atoms with Crippen LogP contribution in [0.2, 0.25) is 5.02 Å². The molecule has 0 aromatic heterocycles. The average Bonchev–Trinajstić information content (AvgIpc) is 2.85. The quantitative estimate of drug-likeness (QED) is 0.665. The van der Waals surface area contributed by atoms with Crippen molar-refractivity contribution in [2.75, 3.05) is 57.5 Å².